The summed E-state index contributed by atoms with van der Waals surface area (Å²) >= 11 is 12.1. The zero-order valence-corrected chi connectivity index (χ0v) is 18.8. The van der Waals surface area contributed by atoms with Crippen molar-refractivity contribution in [3.8, 4) is 5.75 Å². The molecule has 170 valence electrons. The minimum atomic E-state index is -0.832. The van der Waals surface area contributed by atoms with Gasteiger partial charge in [-0.3, -0.25) is 19.3 Å². The SMILES string of the molecule is NC(=O)COc1ccc(C2c3c(oc4ccc(Cl)cc4c3=O)C(=O)N2c2ccc(Cl)cn2)cc1. The molecule has 0 radical (unpaired) electrons. The van der Waals surface area contributed by atoms with Gasteiger partial charge < -0.3 is 14.9 Å². The Morgan fingerprint density at radius 1 is 1.06 bits per heavy atom. The highest BCUT2D eigenvalue weighted by molar-refractivity contribution is 6.31. The van der Waals surface area contributed by atoms with Crippen LogP contribution in [0.25, 0.3) is 11.0 Å². The van der Waals surface area contributed by atoms with Crippen LogP contribution in [0.1, 0.15) is 27.7 Å². The van der Waals surface area contributed by atoms with Gasteiger partial charge in [-0.05, 0) is 48.0 Å². The lowest BCUT2D eigenvalue weighted by atomic mass is 9.98. The monoisotopic (exact) mass is 495 g/mol. The lowest BCUT2D eigenvalue weighted by Crippen LogP contribution is -2.30. The molecule has 5 rings (SSSR count). The van der Waals surface area contributed by atoms with E-state index in [1.807, 2.05) is 0 Å². The highest BCUT2D eigenvalue weighted by Gasteiger charge is 2.44. The molecule has 0 spiro atoms. The normalized spacial score (nSPS) is 14.9. The van der Waals surface area contributed by atoms with Gasteiger partial charge in [-0.2, -0.15) is 0 Å². The van der Waals surface area contributed by atoms with Crippen LogP contribution in [0.5, 0.6) is 5.75 Å². The first-order chi connectivity index (χ1) is 16.3. The average molecular weight is 496 g/mol. The molecule has 2 N–H and O–H groups in total. The summed E-state index contributed by atoms with van der Waals surface area (Å²) in [5.41, 5.74) is 5.77. The Morgan fingerprint density at radius 2 is 1.79 bits per heavy atom. The van der Waals surface area contributed by atoms with Crippen LogP contribution >= 0.6 is 23.2 Å². The van der Waals surface area contributed by atoms with E-state index in [0.29, 0.717) is 27.2 Å². The van der Waals surface area contributed by atoms with Gasteiger partial charge in [0, 0.05) is 11.2 Å². The fourth-order valence-electron chi connectivity index (χ4n) is 3.91. The van der Waals surface area contributed by atoms with Crippen molar-refractivity contribution in [2.45, 2.75) is 6.04 Å². The number of fused-ring (bicyclic) bond motifs is 2. The summed E-state index contributed by atoms with van der Waals surface area (Å²) in [5.74, 6) is -0.502. The summed E-state index contributed by atoms with van der Waals surface area (Å²) in [4.78, 5) is 43.7. The Balaban J connectivity index is 1.69. The quantitative estimate of drug-likeness (QED) is 0.445. The molecule has 10 heteroatoms. The van der Waals surface area contributed by atoms with Crippen molar-refractivity contribution in [1.82, 2.24) is 4.98 Å². The van der Waals surface area contributed by atoms with Crippen molar-refractivity contribution >= 4 is 51.8 Å². The van der Waals surface area contributed by atoms with Crippen LogP contribution in [0.2, 0.25) is 10.0 Å². The van der Waals surface area contributed by atoms with Gasteiger partial charge in [-0.15, -0.1) is 0 Å². The lowest BCUT2D eigenvalue weighted by Gasteiger charge is -2.24. The van der Waals surface area contributed by atoms with E-state index in [-0.39, 0.29) is 34.3 Å². The minimum absolute atomic E-state index is 0.0735. The first-order valence-electron chi connectivity index (χ1n) is 10.1. The number of primary amides is 1. The number of pyridine rings is 1. The van der Waals surface area contributed by atoms with Gasteiger partial charge in [0.05, 0.1) is 22.0 Å². The molecule has 1 aliphatic rings. The summed E-state index contributed by atoms with van der Waals surface area (Å²) in [6, 6.07) is 13.6. The van der Waals surface area contributed by atoms with Gasteiger partial charge >= 0.3 is 0 Å². The van der Waals surface area contributed by atoms with Gasteiger partial charge in [0.15, 0.2) is 12.0 Å². The van der Waals surface area contributed by atoms with Crippen molar-refractivity contribution in [2.75, 3.05) is 11.5 Å². The molecular formula is C24H15Cl2N3O5. The highest BCUT2D eigenvalue weighted by atomic mass is 35.5. The number of rotatable bonds is 5. The molecule has 0 bridgehead atoms. The molecule has 0 saturated carbocycles. The van der Waals surface area contributed by atoms with Crippen LogP contribution in [-0.4, -0.2) is 23.4 Å². The van der Waals surface area contributed by atoms with Crippen molar-refractivity contribution < 1.29 is 18.7 Å². The molecule has 0 aliphatic carbocycles. The van der Waals surface area contributed by atoms with Gasteiger partial charge in [0.1, 0.15) is 17.2 Å². The number of aromatic nitrogens is 1. The fraction of sp³-hybridized carbons (Fsp3) is 0.0833. The summed E-state index contributed by atoms with van der Waals surface area (Å²) in [6.45, 7) is -0.277. The predicted molar refractivity (Wildman–Crippen MR) is 127 cm³/mol. The number of nitrogens with two attached hydrogens (primary N) is 1. The fourth-order valence-corrected chi connectivity index (χ4v) is 4.19. The molecule has 0 saturated heterocycles. The second kappa shape index (κ2) is 8.48. The van der Waals surface area contributed by atoms with Crippen molar-refractivity contribution in [1.29, 1.82) is 0 Å². The van der Waals surface area contributed by atoms with E-state index >= 15 is 0 Å². The largest absolute Gasteiger partial charge is 0.484 e. The minimum Gasteiger partial charge on any atom is -0.484 e. The summed E-state index contributed by atoms with van der Waals surface area (Å²) in [7, 11) is 0. The van der Waals surface area contributed by atoms with Crippen molar-refractivity contribution in [2.24, 2.45) is 5.73 Å². The molecule has 2 aromatic heterocycles. The van der Waals surface area contributed by atoms with Crippen LogP contribution in [0.15, 0.2) is 70.0 Å². The zero-order chi connectivity index (χ0) is 24.0. The molecule has 2 aromatic carbocycles. The van der Waals surface area contributed by atoms with Gasteiger partial charge in [-0.25, -0.2) is 4.98 Å². The number of ether oxygens (including phenoxy) is 1. The average Bonchev–Trinajstić information content (AvgIpc) is 3.11. The standard InChI is InChI=1S/C24H15Cl2N3O5/c25-13-3-7-17-16(9-13)22(31)20-21(12-1-5-15(6-2-12)33-11-18(27)30)29(24(32)23(20)34-17)19-8-4-14(26)10-28-19/h1-10,21H,11H2,(H2,27,30). The van der Waals surface area contributed by atoms with E-state index in [4.69, 9.17) is 38.1 Å². The second-order valence-corrected chi connectivity index (χ2v) is 8.42. The Labute approximate surface area is 202 Å². The summed E-state index contributed by atoms with van der Waals surface area (Å²) in [6.07, 6.45) is 1.41. The highest BCUT2D eigenvalue weighted by Crippen LogP contribution is 2.41. The van der Waals surface area contributed by atoms with Crippen LogP contribution in [0, 0.1) is 0 Å². The molecule has 8 nitrogen and oxygen atoms in total. The van der Waals surface area contributed by atoms with Crippen LogP contribution < -0.4 is 20.8 Å². The van der Waals surface area contributed by atoms with E-state index in [9.17, 15) is 14.4 Å². The number of benzene rings is 2. The van der Waals surface area contributed by atoms with E-state index in [1.54, 1.807) is 48.5 Å². The smallest absolute Gasteiger partial charge is 0.296 e. The lowest BCUT2D eigenvalue weighted by molar-refractivity contribution is -0.119. The Kier molecular flexibility index (Phi) is 5.47. The second-order valence-electron chi connectivity index (χ2n) is 7.55. The molecule has 0 fully saturated rings. The van der Waals surface area contributed by atoms with Crippen molar-refractivity contribution in [3.05, 3.63) is 97.9 Å². The van der Waals surface area contributed by atoms with E-state index in [0.717, 1.165) is 0 Å². The van der Waals surface area contributed by atoms with E-state index < -0.39 is 17.9 Å². The molecule has 1 unspecified atom stereocenters. The maximum absolute atomic E-state index is 13.6. The maximum Gasteiger partial charge on any atom is 0.296 e. The Bertz CT molecular complexity index is 1500. The maximum atomic E-state index is 13.6. The van der Waals surface area contributed by atoms with Gasteiger partial charge in [0.25, 0.3) is 11.8 Å². The first kappa shape index (κ1) is 21.9. The molecular weight excluding hydrogens is 481 g/mol. The van der Waals surface area contributed by atoms with Gasteiger partial charge in [-0.1, -0.05) is 35.3 Å². The topological polar surface area (TPSA) is 116 Å². The molecule has 2 amide bonds. The number of amides is 2. The number of nitrogens with zero attached hydrogens (tertiary/aromatic N) is 2. The van der Waals surface area contributed by atoms with Crippen molar-refractivity contribution in [3.63, 3.8) is 0 Å². The number of anilines is 1. The molecule has 4 aromatic rings. The number of hydrogen-bond acceptors (Lipinski definition) is 6. The summed E-state index contributed by atoms with van der Waals surface area (Å²) < 4.78 is 11.2. The Hall–Kier alpha value is -3.88. The third-order valence-electron chi connectivity index (χ3n) is 5.37. The van der Waals surface area contributed by atoms with E-state index in [2.05, 4.69) is 4.98 Å². The third-order valence-corrected chi connectivity index (χ3v) is 5.83. The number of carbonyl (C=O) groups excluding carboxylic acids is 2. The third kappa shape index (κ3) is 3.76. The first-order valence-corrected chi connectivity index (χ1v) is 10.8. The number of halogens is 2. The zero-order valence-electron chi connectivity index (χ0n) is 17.3. The Morgan fingerprint density at radius 3 is 2.47 bits per heavy atom. The van der Waals surface area contributed by atoms with Crippen LogP contribution in [0.4, 0.5) is 5.82 Å². The van der Waals surface area contributed by atoms with Crippen LogP contribution in [0.3, 0.4) is 0 Å². The van der Waals surface area contributed by atoms with E-state index in [1.165, 1.54) is 17.2 Å². The predicted octanol–water partition coefficient (Wildman–Crippen LogP) is 4.11. The molecule has 34 heavy (non-hydrogen) atoms. The number of carbonyl (C=O) groups is 2. The molecule has 1 aliphatic heterocycles. The summed E-state index contributed by atoms with van der Waals surface area (Å²) in [5, 5.41) is 1.03. The van der Waals surface area contributed by atoms with Crippen LogP contribution in [-0.2, 0) is 4.79 Å². The number of hydrogen-bond donors (Lipinski definition) is 1. The molecule has 1 atom stereocenters. The van der Waals surface area contributed by atoms with Gasteiger partial charge in [0.2, 0.25) is 5.76 Å². The molecule has 3 heterocycles.